The molecule has 2 aromatic rings. The first-order chi connectivity index (χ1) is 6.78. The van der Waals surface area contributed by atoms with Crippen LogP contribution in [0.25, 0.3) is 0 Å². The van der Waals surface area contributed by atoms with E-state index in [1.807, 2.05) is 4.57 Å². The number of hydrogen-bond donors (Lipinski definition) is 0. The molecule has 2 aromatic heterocycles. The number of aromatic nitrogens is 3. The monoisotopic (exact) mass is 191 g/mol. The van der Waals surface area contributed by atoms with Crippen LogP contribution in [-0.2, 0) is 6.54 Å². The first kappa shape index (κ1) is 8.68. The van der Waals surface area contributed by atoms with Gasteiger partial charge in [-0.25, -0.2) is 0 Å². The van der Waals surface area contributed by atoms with Gasteiger partial charge in [-0.15, -0.1) is 10.2 Å². The van der Waals surface area contributed by atoms with Gasteiger partial charge in [-0.1, -0.05) is 0 Å². The average Bonchev–Trinajstić information content (AvgIpc) is 2.76. The molecular formula is C9H9N3O2. The molecule has 0 saturated heterocycles. The van der Waals surface area contributed by atoms with Gasteiger partial charge in [-0.3, -0.25) is 4.79 Å². The average molecular weight is 191 g/mol. The number of carbonyl (C=O) groups excluding carboxylic acids is 1. The van der Waals surface area contributed by atoms with E-state index in [9.17, 15) is 4.79 Å². The van der Waals surface area contributed by atoms with Crippen molar-refractivity contribution >= 4 is 6.29 Å². The molecule has 0 aliphatic rings. The maximum Gasteiger partial charge on any atom is 0.236 e. The summed E-state index contributed by atoms with van der Waals surface area (Å²) in [5.74, 6) is 1.08. The van der Waals surface area contributed by atoms with Crippen molar-refractivity contribution in [2.24, 2.45) is 0 Å². The Morgan fingerprint density at radius 1 is 1.57 bits per heavy atom. The first-order valence-corrected chi connectivity index (χ1v) is 4.18. The van der Waals surface area contributed by atoms with Crippen molar-refractivity contribution in [2.75, 3.05) is 0 Å². The summed E-state index contributed by atoms with van der Waals surface area (Å²) in [4.78, 5) is 10.4. The van der Waals surface area contributed by atoms with E-state index in [4.69, 9.17) is 4.42 Å². The third-order valence-corrected chi connectivity index (χ3v) is 1.80. The maximum atomic E-state index is 10.4. The molecule has 0 atom stereocenters. The predicted octanol–water partition coefficient (Wildman–Crippen LogP) is 1.04. The normalized spacial score (nSPS) is 10.4. The van der Waals surface area contributed by atoms with Crippen molar-refractivity contribution in [3.05, 3.63) is 35.8 Å². The molecule has 0 aliphatic carbocycles. The topological polar surface area (TPSA) is 60.9 Å². The van der Waals surface area contributed by atoms with Crippen LogP contribution in [0.2, 0.25) is 0 Å². The van der Waals surface area contributed by atoms with Crippen LogP contribution < -0.4 is 0 Å². The van der Waals surface area contributed by atoms with E-state index in [0.29, 0.717) is 23.9 Å². The lowest BCUT2D eigenvalue weighted by Gasteiger charge is -1.95. The van der Waals surface area contributed by atoms with E-state index in [1.54, 1.807) is 25.4 Å². The van der Waals surface area contributed by atoms with E-state index >= 15 is 0 Å². The number of hydrogen-bond acceptors (Lipinski definition) is 4. The lowest BCUT2D eigenvalue weighted by Crippen LogP contribution is -1.96. The molecule has 5 nitrogen and oxygen atoms in total. The minimum Gasteiger partial charge on any atom is -0.424 e. The van der Waals surface area contributed by atoms with Crippen LogP contribution in [0.1, 0.15) is 22.1 Å². The fraction of sp³-hybridized carbons (Fsp3) is 0.222. The van der Waals surface area contributed by atoms with E-state index in [0.717, 1.165) is 6.29 Å². The molecular weight excluding hydrogens is 182 g/mol. The van der Waals surface area contributed by atoms with Gasteiger partial charge in [-0.2, -0.15) is 0 Å². The van der Waals surface area contributed by atoms with Crippen LogP contribution >= 0.6 is 0 Å². The summed E-state index contributed by atoms with van der Waals surface area (Å²) in [5.41, 5.74) is 0.640. The van der Waals surface area contributed by atoms with Gasteiger partial charge in [0, 0.05) is 24.9 Å². The summed E-state index contributed by atoms with van der Waals surface area (Å²) in [5, 5.41) is 7.56. The quantitative estimate of drug-likeness (QED) is 0.680. The largest absolute Gasteiger partial charge is 0.424 e. The Morgan fingerprint density at radius 3 is 3.00 bits per heavy atom. The van der Waals surface area contributed by atoms with E-state index in [-0.39, 0.29) is 0 Å². The van der Waals surface area contributed by atoms with Gasteiger partial charge < -0.3 is 8.98 Å². The van der Waals surface area contributed by atoms with Crippen LogP contribution in [0.5, 0.6) is 0 Å². The molecule has 2 heterocycles. The number of carbonyl (C=O) groups is 1. The van der Waals surface area contributed by atoms with Crippen molar-refractivity contribution in [3.8, 4) is 0 Å². The van der Waals surface area contributed by atoms with Crippen LogP contribution in [-0.4, -0.2) is 21.1 Å². The minimum absolute atomic E-state index is 0.495. The van der Waals surface area contributed by atoms with Crippen LogP contribution in [0.3, 0.4) is 0 Å². The van der Waals surface area contributed by atoms with Crippen molar-refractivity contribution < 1.29 is 9.21 Å². The van der Waals surface area contributed by atoms with Crippen molar-refractivity contribution in [1.82, 2.24) is 14.8 Å². The molecule has 0 bridgehead atoms. The molecule has 72 valence electrons. The second kappa shape index (κ2) is 3.45. The Balaban J connectivity index is 2.14. The molecule has 0 unspecified atom stereocenters. The van der Waals surface area contributed by atoms with Gasteiger partial charge in [0.1, 0.15) is 6.54 Å². The van der Waals surface area contributed by atoms with Gasteiger partial charge in [0.15, 0.2) is 6.29 Å². The summed E-state index contributed by atoms with van der Waals surface area (Å²) < 4.78 is 7.02. The summed E-state index contributed by atoms with van der Waals surface area (Å²) >= 11 is 0. The van der Waals surface area contributed by atoms with E-state index in [2.05, 4.69) is 10.2 Å². The molecule has 0 amide bonds. The molecule has 5 heteroatoms. The van der Waals surface area contributed by atoms with Crippen LogP contribution in [0, 0.1) is 6.92 Å². The fourth-order valence-electron chi connectivity index (χ4n) is 1.18. The Bertz CT molecular complexity index is 444. The third kappa shape index (κ3) is 1.71. The molecule has 0 fully saturated rings. The zero-order valence-electron chi connectivity index (χ0n) is 7.67. The summed E-state index contributed by atoms with van der Waals surface area (Å²) in [6.45, 7) is 2.23. The van der Waals surface area contributed by atoms with E-state index in [1.165, 1.54) is 0 Å². The summed E-state index contributed by atoms with van der Waals surface area (Å²) in [6, 6.07) is 1.73. The van der Waals surface area contributed by atoms with Gasteiger partial charge >= 0.3 is 0 Å². The maximum absolute atomic E-state index is 10.4. The van der Waals surface area contributed by atoms with Crippen molar-refractivity contribution in [1.29, 1.82) is 0 Å². The first-order valence-electron chi connectivity index (χ1n) is 4.18. The number of nitrogens with zero attached hydrogens (tertiary/aromatic N) is 3. The summed E-state index contributed by atoms with van der Waals surface area (Å²) in [7, 11) is 0. The highest BCUT2D eigenvalue weighted by Crippen LogP contribution is 2.03. The molecule has 0 saturated carbocycles. The lowest BCUT2D eigenvalue weighted by molar-refractivity contribution is 0.112. The highest BCUT2D eigenvalue weighted by atomic mass is 16.4. The Kier molecular flexibility index (Phi) is 2.14. The molecule has 0 aromatic carbocycles. The van der Waals surface area contributed by atoms with Gasteiger partial charge in [0.05, 0.1) is 0 Å². The number of aldehydes is 1. The molecule has 0 radical (unpaired) electrons. The van der Waals surface area contributed by atoms with Gasteiger partial charge in [-0.05, 0) is 6.07 Å². The second-order valence-corrected chi connectivity index (χ2v) is 2.95. The van der Waals surface area contributed by atoms with Gasteiger partial charge in [0.25, 0.3) is 0 Å². The number of rotatable bonds is 3. The van der Waals surface area contributed by atoms with Crippen LogP contribution in [0.4, 0.5) is 0 Å². The Hall–Kier alpha value is -1.91. The zero-order valence-corrected chi connectivity index (χ0v) is 7.67. The Labute approximate surface area is 80.4 Å². The minimum atomic E-state index is 0.495. The summed E-state index contributed by atoms with van der Waals surface area (Å²) in [6.07, 6.45) is 4.32. The lowest BCUT2D eigenvalue weighted by atomic mass is 10.4. The standard InChI is InChI=1S/C9H9N3O2/c1-7-10-11-9(14-7)5-12-3-2-8(4-12)6-13/h2-4,6H,5H2,1H3. The molecule has 0 N–H and O–H groups in total. The SMILES string of the molecule is Cc1nnc(Cn2ccc(C=O)c2)o1. The Morgan fingerprint density at radius 2 is 2.43 bits per heavy atom. The van der Waals surface area contributed by atoms with Gasteiger partial charge in [0.2, 0.25) is 11.8 Å². The highest BCUT2D eigenvalue weighted by molar-refractivity contribution is 5.74. The molecule has 0 spiro atoms. The molecule has 0 aliphatic heterocycles. The highest BCUT2D eigenvalue weighted by Gasteiger charge is 2.03. The third-order valence-electron chi connectivity index (χ3n) is 1.80. The predicted molar refractivity (Wildman–Crippen MR) is 48.0 cm³/mol. The number of aryl methyl sites for hydroxylation is 1. The van der Waals surface area contributed by atoms with Crippen molar-refractivity contribution in [3.63, 3.8) is 0 Å². The molecule has 2 rings (SSSR count). The molecule has 14 heavy (non-hydrogen) atoms. The second-order valence-electron chi connectivity index (χ2n) is 2.95. The van der Waals surface area contributed by atoms with E-state index < -0.39 is 0 Å². The zero-order chi connectivity index (χ0) is 9.97. The van der Waals surface area contributed by atoms with Crippen LogP contribution in [0.15, 0.2) is 22.9 Å². The van der Waals surface area contributed by atoms with Crippen molar-refractivity contribution in [2.45, 2.75) is 13.5 Å². The fourth-order valence-corrected chi connectivity index (χ4v) is 1.18. The smallest absolute Gasteiger partial charge is 0.236 e.